The van der Waals surface area contributed by atoms with Gasteiger partial charge in [0, 0.05) is 31.9 Å². The predicted octanol–water partition coefficient (Wildman–Crippen LogP) is 1.32. The average Bonchev–Trinajstić information content (AvgIpc) is 2.62. The van der Waals surface area contributed by atoms with E-state index in [0.717, 1.165) is 25.5 Å². The third-order valence-corrected chi connectivity index (χ3v) is 2.27. The fourth-order valence-electron chi connectivity index (χ4n) is 1.56. The fourth-order valence-corrected chi connectivity index (χ4v) is 1.56. The zero-order valence-corrected chi connectivity index (χ0v) is 12.1. The molecule has 0 fully saturated rings. The van der Waals surface area contributed by atoms with Crippen LogP contribution >= 0.6 is 0 Å². The Morgan fingerprint density at radius 3 is 2.67 bits per heavy atom. The first-order chi connectivity index (χ1) is 8.40. The molecule has 0 saturated heterocycles. The summed E-state index contributed by atoms with van der Waals surface area (Å²) >= 11 is 0. The van der Waals surface area contributed by atoms with Gasteiger partial charge >= 0.3 is 0 Å². The van der Waals surface area contributed by atoms with Gasteiger partial charge in [0.15, 0.2) is 5.96 Å². The number of nitrogens with zero attached hydrogens (tertiary/aromatic N) is 3. The first-order valence-corrected chi connectivity index (χ1v) is 6.45. The molecule has 5 heteroatoms. The Kier molecular flexibility index (Phi) is 5.19. The van der Waals surface area contributed by atoms with Crippen LogP contribution in [0.3, 0.4) is 0 Å². The van der Waals surface area contributed by atoms with E-state index in [9.17, 15) is 0 Å². The van der Waals surface area contributed by atoms with Gasteiger partial charge in [-0.2, -0.15) is 5.10 Å². The third kappa shape index (κ3) is 5.70. The minimum atomic E-state index is 0.0231. The Labute approximate surface area is 110 Å². The Morgan fingerprint density at radius 2 is 2.17 bits per heavy atom. The lowest BCUT2D eigenvalue weighted by atomic mass is 10.1. The minimum Gasteiger partial charge on any atom is -0.357 e. The summed E-state index contributed by atoms with van der Waals surface area (Å²) in [4.78, 5) is 4.56. The van der Waals surface area contributed by atoms with Gasteiger partial charge in [-0.05, 0) is 39.7 Å². The van der Waals surface area contributed by atoms with Gasteiger partial charge < -0.3 is 10.6 Å². The Hall–Kier alpha value is -1.52. The van der Waals surface area contributed by atoms with E-state index in [1.807, 2.05) is 24.1 Å². The minimum absolute atomic E-state index is 0.0231. The van der Waals surface area contributed by atoms with Gasteiger partial charge in [-0.15, -0.1) is 0 Å². The molecule has 18 heavy (non-hydrogen) atoms. The molecule has 5 nitrogen and oxygen atoms in total. The lowest BCUT2D eigenvalue weighted by Gasteiger charge is -2.23. The SMILES string of the molecule is CCNC(=NCCc1cnn(C)c1)NC(C)(C)C. The van der Waals surface area contributed by atoms with Crippen LogP contribution in [-0.2, 0) is 13.5 Å². The van der Waals surface area contributed by atoms with Crippen molar-refractivity contribution in [3.05, 3.63) is 18.0 Å². The summed E-state index contributed by atoms with van der Waals surface area (Å²) in [6.45, 7) is 10.1. The lowest BCUT2D eigenvalue weighted by Crippen LogP contribution is -2.47. The Balaban J connectivity index is 2.49. The average molecular weight is 251 g/mol. The Bertz CT molecular complexity index is 386. The van der Waals surface area contributed by atoms with Crippen molar-refractivity contribution in [1.29, 1.82) is 0 Å². The molecule has 0 amide bonds. The highest BCUT2D eigenvalue weighted by Crippen LogP contribution is 2.00. The molecular weight excluding hydrogens is 226 g/mol. The second-order valence-electron chi connectivity index (χ2n) is 5.41. The van der Waals surface area contributed by atoms with Crippen LogP contribution in [-0.4, -0.2) is 34.4 Å². The molecule has 0 radical (unpaired) electrons. The molecule has 0 unspecified atom stereocenters. The molecule has 1 heterocycles. The second-order valence-corrected chi connectivity index (χ2v) is 5.41. The van der Waals surface area contributed by atoms with Gasteiger partial charge in [0.2, 0.25) is 0 Å². The number of aliphatic imine (C=N–C) groups is 1. The number of aromatic nitrogens is 2. The number of hydrogen-bond acceptors (Lipinski definition) is 2. The van der Waals surface area contributed by atoms with Crippen LogP contribution in [0, 0.1) is 0 Å². The Morgan fingerprint density at radius 1 is 1.44 bits per heavy atom. The maximum absolute atomic E-state index is 4.56. The molecule has 1 rings (SSSR count). The van der Waals surface area contributed by atoms with Crippen molar-refractivity contribution in [2.75, 3.05) is 13.1 Å². The van der Waals surface area contributed by atoms with Crippen LogP contribution in [0.15, 0.2) is 17.4 Å². The molecule has 0 bridgehead atoms. The molecule has 0 aliphatic carbocycles. The molecule has 102 valence electrons. The van der Waals surface area contributed by atoms with Crippen LogP contribution in [0.4, 0.5) is 0 Å². The molecule has 1 aromatic rings. The van der Waals surface area contributed by atoms with Gasteiger partial charge in [-0.1, -0.05) is 0 Å². The van der Waals surface area contributed by atoms with E-state index >= 15 is 0 Å². The van der Waals surface area contributed by atoms with Gasteiger partial charge in [0.1, 0.15) is 0 Å². The summed E-state index contributed by atoms with van der Waals surface area (Å²) < 4.78 is 1.82. The van der Waals surface area contributed by atoms with Crippen molar-refractivity contribution < 1.29 is 0 Å². The molecule has 0 aliphatic rings. The van der Waals surface area contributed by atoms with Crippen molar-refractivity contribution in [3.63, 3.8) is 0 Å². The van der Waals surface area contributed by atoms with E-state index in [2.05, 4.69) is 48.4 Å². The molecule has 0 spiro atoms. The first-order valence-electron chi connectivity index (χ1n) is 6.45. The van der Waals surface area contributed by atoms with Crippen molar-refractivity contribution >= 4 is 5.96 Å². The van der Waals surface area contributed by atoms with E-state index in [-0.39, 0.29) is 5.54 Å². The highest BCUT2D eigenvalue weighted by atomic mass is 15.2. The molecule has 2 N–H and O–H groups in total. The second kappa shape index (κ2) is 6.42. The van der Waals surface area contributed by atoms with Crippen LogP contribution in [0.1, 0.15) is 33.3 Å². The molecule has 0 aromatic carbocycles. The quantitative estimate of drug-likeness (QED) is 0.627. The van der Waals surface area contributed by atoms with Crippen molar-refractivity contribution in [2.24, 2.45) is 12.0 Å². The lowest BCUT2D eigenvalue weighted by molar-refractivity contribution is 0.501. The van der Waals surface area contributed by atoms with Gasteiger partial charge in [-0.25, -0.2) is 0 Å². The van der Waals surface area contributed by atoms with Gasteiger partial charge in [-0.3, -0.25) is 9.67 Å². The standard InChI is InChI=1S/C13H25N5/c1-6-14-12(17-13(2,3)4)15-8-7-11-9-16-18(5)10-11/h9-10H,6-8H2,1-5H3,(H2,14,15,17). The molecule has 0 aliphatic heterocycles. The fraction of sp³-hybridized carbons (Fsp3) is 0.692. The van der Waals surface area contributed by atoms with Crippen LogP contribution in [0.25, 0.3) is 0 Å². The zero-order valence-electron chi connectivity index (χ0n) is 12.1. The van der Waals surface area contributed by atoms with Crippen molar-refractivity contribution in [1.82, 2.24) is 20.4 Å². The number of aryl methyl sites for hydroxylation is 1. The molecule has 0 saturated carbocycles. The van der Waals surface area contributed by atoms with Gasteiger partial charge in [0.25, 0.3) is 0 Å². The topological polar surface area (TPSA) is 54.2 Å². The summed E-state index contributed by atoms with van der Waals surface area (Å²) in [7, 11) is 1.93. The number of guanidine groups is 1. The van der Waals surface area contributed by atoms with Crippen molar-refractivity contribution in [2.45, 2.75) is 39.7 Å². The predicted molar refractivity (Wildman–Crippen MR) is 75.8 cm³/mol. The summed E-state index contributed by atoms with van der Waals surface area (Å²) in [5.74, 6) is 0.869. The third-order valence-electron chi connectivity index (χ3n) is 2.27. The van der Waals surface area contributed by atoms with E-state index in [1.54, 1.807) is 0 Å². The summed E-state index contributed by atoms with van der Waals surface area (Å²) in [6.07, 6.45) is 4.83. The summed E-state index contributed by atoms with van der Waals surface area (Å²) in [6, 6.07) is 0. The zero-order chi connectivity index (χ0) is 13.6. The van der Waals surface area contributed by atoms with Crippen LogP contribution in [0.2, 0.25) is 0 Å². The van der Waals surface area contributed by atoms with Gasteiger partial charge in [0.05, 0.1) is 6.20 Å². The van der Waals surface area contributed by atoms with E-state index in [1.165, 1.54) is 5.56 Å². The molecular formula is C13H25N5. The number of nitrogens with one attached hydrogen (secondary N) is 2. The van der Waals surface area contributed by atoms with E-state index in [0.29, 0.717) is 0 Å². The van der Waals surface area contributed by atoms with E-state index in [4.69, 9.17) is 0 Å². The van der Waals surface area contributed by atoms with Crippen LogP contribution < -0.4 is 10.6 Å². The summed E-state index contributed by atoms with van der Waals surface area (Å²) in [5.41, 5.74) is 1.24. The normalized spacial score (nSPS) is 12.6. The van der Waals surface area contributed by atoms with E-state index < -0.39 is 0 Å². The van der Waals surface area contributed by atoms with Crippen LogP contribution in [0.5, 0.6) is 0 Å². The highest BCUT2D eigenvalue weighted by Gasteiger charge is 2.11. The first kappa shape index (κ1) is 14.5. The molecule has 1 aromatic heterocycles. The summed E-state index contributed by atoms with van der Waals surface area (Å²) in [5, 5.41) is 10.8. The number of hydrogen-bond donors (Lipinski definition) is 2. The maximum Gasteiger partial charge on any atom is 0.191 e. The monoisotopic (exact) mass is 251 g/mol. The largest absolute Gasteiger partial charge is 0.357 e. The molecule has 0 atom stereocenters. The van der Waals surface area contributed by atoms with Crippen molar-refractivity contribution in [3.8, 4) is 0 Å². The number of rotatable bonds is 4. The smallest absolute Gasteiger partial charge is 0.191 e. The maximum atomic E-state index is 4.56. The highest BCUT2D eigenvalue weighted by molar-refractivity contribution is 5.80.